The lowest BCUT2D eigenvalue weighted by atomic mass is 10.1. The van der Waals surface area contributed by atoms with Gasteiger partial charge in [-0.3, -0.25) is 9.59 Å². The summed E-state index contributed by atoms with van der Waals surface area (Å²) >= 11 is 0. The minimum atomic E-state index is -0.241. The van der Waals surface area contributed by atoms with E-state index in [-0.39, 0.29) is 17.9 Å². The fourth-order valence-corrected chi connectivity index (χ4v) is 2.76. The topological polar surface area (TPSA) is 67.4 Å². The molecule has 0 bridgehead atoms. The minimum Gasteiger partial charge on any atom is -0.497 e. The molecule has 142 valence electrons. The van der Waals surface area contributed by atoms with Crippen molar-refractivity contribution in [2.24, 2.45) is 0 Å². The van der Waals surface area contributed by atoms with Crippen molar-refractivity contribution in [3.05, 3.63) is 95.6 Å². The summed E-state index contributed by atoms with van der Waals surface area (Å²) in [4.78, 5) is 24.8. The van der Waals surface area contributed by atoms with Gasteiger partial charge in [-0.2, -0.15) is 0 Å². The van der Waals surface area contributed by atoms with E-state index in [1.807, 2.05) is 37.3 Å². The van der Waals surface area contributed by atoms with E-state index in [9.17, 15) is 9.59 Å². The van der Waals surface area contributed by atoms with Crippen molar-refractivity contribution in [3.8, 4) is 5.75 Å². The number of hydrogen-bond acceptors (Lipinski definition) is 3. The molecular formula is C23H22N2O3. The zero-order valence-corrected chi connectivity index (χ0v) is 15.8. The molecule has 28 heavy (non-hydrogen) atoms. The number of amides is 2. The number of ether oxygens (including phenoxy) is 1. The third-order valence-electron chi connectivity index (χ3n) is 4.40. The highest BCUT2D eigenvalue weighted by atomic mass is 16.5. The third-order valence-corrected chi connectivity index (χ3v) is 4.40. The predicted octanol–water partition coefficient (Wildman–Crippen LogP) is 4.44. The van der Waals surface area contributed by atoms with E-state index in [0.717, 1.165) is 11.3 Å². The summed E-state index contributed by atoms with van der Waals surface area (Å²) in [5.74, 6) is 0.298. The number of hydrogen-bond donors (Lipinski definition) is 2. The van der Waals surface area contributed by atoms with E-state index < -0.39 is 0 Å². The summed E-state index contributed by atoms with van der Waals surface area (Å²) in [6, 6.07) is 23.3. The van der Waals surface area contributed by atoms with Crippen molar-refractivity contribution in [3.63, 3.8) is 0 Å². The van der Waals surface area contributed by atoms with Gasteiger partial charge in [0, 0.05) is 16.8 Å². The highest BCUT2D eigenvalue weighted by Gasteiger charge is 2.12. The average Bonchev–Trinajstić information content (AvgIpc) is 2.75. The molecule has 5 heteroatoms. The van der Waals surface area contributed by atoms with E-state index >= 15 is 0 Å². The summed E-state index contributed by atoms with van der Waals surface area (Å²) in [6.07, 6.45) is 0. The molecule has 0 aliphatic rings. The first-order valence-electron chi connectivity index (χ1n) is 8.98. The zero-order chi connectivity index (χ0) is 19.9. The van der Waals surface area contributed by atoms with Crippen LogP contribution in [0, 0.1) is 0 Å². The highest BCUT2D eigenvalue weighted by molar-refractivity contribution is 6.05. The van der Waals surface area contributed by atoms with E-state index in [0.29, 0.717) is 16.8 Å². The Morgan fingerprint density at radius 1 is 0.786 bits per heavy atom. The Hall–Kier alpha value is -3.60. The lowest BCUT2D eigenvalue weighted by Crippen LogP contribution is -2.26. The monoisotopic (exact) mass is 374 g/mol. The largest absolute Gasteiger partial charge is 0.497 e. The van der Waals surface area contributed by atoms with E-state index in [4.69, 9.17) is 4.74 Å². The van der Waals surface area contributed by atoms with Gasteiger partial charge >= 0.3 is 0 Å². The molecule has 0 aliphatic heterocycles. The molecule has 2 N–H and O–H groups in total. The summed E-state index contributed by atoms with van der Waals surface area (Å²) < 4.78 is 5.10. The number of nitrogens with one attached hydrogen (secondary N) is 2. The maximum Gasteiger partial charge on any atom is 0.255 e. The van der Waals surface area contributed by atoms with E-state index in [1.54, 1.807) is 55.6 Å². The van der Waals surface area contributed by atoms with Crippen LogP contribution in [0.2, 0.25) is 0 Å². The average molecular weight is 374 g/mol. The Kier molecular flexibility index (Phi) is 6.07. The van der Waals surface area contributed by atoms with Gasteiger partial charge < -0.3 is 15.4 Å². The van der Waals surface area contributed by atoms with Crippen molar-refractivity contribution in [1.29, 1.82) is 0 Å². The Labute approximate surface area is 164 Å². The van der Waals surface area contributed by atoms with Crippen LogP contribution < -0.4 is 15.4 Å². The lowest BCUT2D eigenvalue weighted by molar-refractivity contribution is 0.0938. The van der Waals surface area contributed by atoms with Gasteiger partial charge in [0.2, 0.25) is 0 Å². The van der Waals surface area contributed by atoms with Crippen LogP contribution >= 0.6 is 0 Å². The molecule has 0 saturated heterocycles. The quantitative estimate of drug-likeness (QED) is 0.670. The Morgan fingerprint density at radius 2 is 1.36 bits per heavy atom. The molecule has 0 aromatic heterocycles. The zero-order valence-electron chi connectivity index (χ0n) is 15.8. The number of benzene rings is 3. The number of carbonyl (C=O) groups excluding carboxylic acids is 2. The van der Waals surface area contributed by atoms with Crippen LogP contribution in [0.4, 0.5) is 5.69 Å². The molecular weight excluding hydrogens is 352 g/mol. The predicted molar refractivity (Wildman–Crippen MR) is 110 cm³/mol. The summed E-state index contributed by atoms with van der Waals surface area (Å²) in [5.41, 5.74) is 2.68. The number of methoxy groups -OCH3 is 1. The Balaban J connectivity index is 1.61. The second-order valence-corrected chi connectivity index (χ2v) is 6.37. The molecule has 1 unspecified atom stereocenters. The maximum absolute atomic E-state index is 12.4. The molecule has 3 rings (SSSR count). The molecule has 0 heterocycles. The smallest absolute Gasteiger partial charge is 0.255 e. The molecule has 0 spiro atoms. The molecule has 0 radical (unpaired) electrons. The summed E-state index contributed by atoms with van der Waals surface area (Å²) in [6.45, 7) is 1.93. The van der Waals surface area contributed by atoms with Gasteiger partial charge in [-0.15, -0.1) is 0 Å². The molecule has 5 nitrogen and oxygen atoms in total. The van der Waals surface area contributed by atoms with Crippen LogP contribution in [0.15, 0.2) is 78.9 Å². The van der Waals surface area contributed by atoms with Crippen LogP contribution in [0.3, 0.4) is 0 Å². The van der Waals surface area contributed by atoms with Crippen LogP contribution in [0.5, 0.6) is 5.75 Å². The number of carbonyl (C=O) groups is 2. The molecule has 0 aliphatic carbocycles. The van der Waals surface area contributed by atoms with Crippen molar-refractivity contribution in [2.45, 2.75) is 13.0 Å². The number of anilines is 1. The molecule has 3 aromatic carbocycles. The first-order valence-corrected chi connectivity index (χ1v) is 8.98. The van der Waals surface area contributed by atoms with Crippen molar-refractivity contribution < 1.29 is 14.3 Å². The van der Waals surface area contributed by atoms with Gasteiger partial charge in [0.05, 0.1) is 13.2 Å². The second-order valence-electron chi connectivity index (χ2n) is 6.37. The van der Waals surface area contributed by atoms with Crippen LogP contribution in [-0.4, -0.2) is 18.9 Å². The Bertz CT molecular complexity index is 936. The van der Waals surface area contributed by atoms with E-state index in [1.165, 1.54) is 0 Å². The SMILES string of the molecule is COc1ccc(NC(=O)c2ccc(C(=O)NC(C)c3ccccc3)cc2)cc1. The van der Waals surface area contributed by atoms with Gasteiger partial charge in [-0.25, -0.2) is 0 Å². The molecule has 3 aromatic rings. The van der Waals surface area contributed by atoms with Crippen LogP contribution in [0.25, 0.3) is 0 Å². The van der Waals surface area contributed by atoms with Crippen molar-refractivity contribution >= 4 is 17.5 Å². The molecule has 0 fully saturated rings. The maximum atomic E-state index is 12.4. The van der Waals surface area contributed by atoms with Gasteiger partial charge in [-0.05, 0) is 61.0 Å². The first-order chi connectivity index (χ1) is 13.6. The van der Waals surface area contributed by atoms with Gasteiger partial charge in [0.1, 0.15) is 5.75 Å². The first kappa shape index (κ1) is 19.2. The fraction of sp³-hybridized carbons (Fsp3) is 0.130. The van der Waals surface area contributed by atoms with Crippen molar-refractivity contribution in [2.75, 3.05) is 12.4 Å². The van der Waals surface area contributed by atoms with Crippen LogP contribution in [-0.2, 0) is 0 Å². The Morgan fingerprint density at radius 3 is 1.93 bits per heavy atom. The van der Waals surface area contributed by atoms with Gasteiger partial charge in [-0.1, -0.05) is 30.3 Å². The van der Waals surface area contributed by atoms with Gasteiger partial charge in [0.25, 0.3) is 11.8 Å². The molecule has 2 amide bonds. The molecule has 0 saturated carbocycles. The second kappa shape index (κ2) is 8.86. The fourth-order valence-electron chi connectivity index (χ4n) is 2.76. The third kappa shape index (κ3) is 4.76. The van der Waals surface area contributed by atoms with Gasteiger partial charge in [0.15, 0.2) is 0 Å². The number of rotatable bonds is 6. The lowest BCUT2D eigenvalue weighted by Gasteiger charge is -2.14. The minimum absolute atomic E-state index is 0.105. The normalized spacial score (nSPS) is 11.4. The standard InChI is InChI=1S/C23H22N2O3/c1-16(17-6-4-3-5-7-17)24-22(26)18-8-10-19(11-9-18)23(27)25-20-12-14-21(28-2)15-13-20/h3-16H,1-2H3,(H,24,26)(H,25,27). The highest BCUT2D eigenvalue weighted by Crippen LogP contribution is 2.17. The van der Waals surface area contributed by atoms with E-state index in [2.05, 4.69) is 10.6 Å². The summed E-state index contributed by atoms with van der Waals surface area (Å²) in [7, 11) is 1.59. The van der Waals surface area contributed by atoms with Crippen LogP contribution in [0.1, 0.15) is 39.2 Å². The molecule has 1 atom stereocenters. The van der Waals surface area contributed by atoms with Crippen molar-refractivity contribution in [1.82, 2.24) is 5.32 Å². The summed E-state index contributed by atoms with van der Waals surface area (Å²) in [5, 5.41) is 5.78.